The first-order chi connectivity index (χ1) is 8.63. The van der Waals surface area contributed by atoms with Gasteiger partial charge in [0.1, 0.15) is 0 Å². The van der Waals surface area contributed by atoms with Gasteiger partial charge in [-0.25, -0.2) is 0 Å². The van der Waals surface area contributed by atoms with E-state index in [1.54, 1.807) is 0 Å². The van der Waals surface area contributed by atoms with Crippen LogP contribution < -0.4 is 4.90 Å². The number of carbonyl (C=O) groups excluding carboxylic acids is 1. The zero-order chi connectivity index (χ0) is 13.1. The summed E-state index contributed by atoms with van der Waals surface area (Å²) in [4.78, 5) is 13.3. The van der Waals surface area contributed by atoms with Gasteiger partial charge in [-0.3, -0.25) is 4.79 Å². The molecular weight excluding hydrogens is 246 g/mol. The van der Waals surface area contributed by atoms with Crippen LogP contribution in [0.4, 0.5) is 5.69 Å². The van der Waals surface area contributed by atoms with Gasteiger partial charge < -0.3 is 4.90 Å². The second-order valence-electron chi connectivity index (χ2n) is 5.33. The molecule has 0 aliphatic heterocycles. The molecule has 1 aliphatic carbocycles. The largest absolute Gasteiger partial charge is 0.370 e. The van der Waals surface area contributed by atoms with Gasteiger partial charge in [-0.1, -0.05) is 37.4 Å². The average molecular weight is 266 g/mol. The van der Waals surface area contributed by atoms with Crippen molar-refractivity contribution >= 4 is 23.6 Å². The number of anilines is 1. The van der Waals surface area contributed by atoms with E-state index < -0.39 is 0 Å². The summed E-state index contributed by atoms with van der Waals surface area (Å²) >= 11 is 6.26. The van der Waals surface area contributed by atoms with E-state index in [-0.39, 0.29) is 0 Å². The molecule has 1 fully saturated rings. The van der Waals surface area contributed by atoms with Crippen molar-refractivity contribution in [3.05, 3.63) is 28.8 Å². The molecule has 1 aromatic rings. The number of carbonyl (C=O) groups is 1. The van der Waals surface area contributed by atoms with Gasteiger partial charge in [-0.15, -0.1) is 0 Å². The highest BCUT2D eigenvalue weighted by molar-refractivity contribution is 6.33. The lowest BCUT2D eigenvalue weighted by molar-refractivity contribution is 0.112. The third-order valence-electron chi connectivity index (χ3n) is 3.95. The Kier molecular flexibility index (Phi) is 4.28. The van der Waals surface area contributed by atoms with Gasteiger partial charge >= 0.3 is 0 Å². The Morgan fingerprint density at radius 3 is 2.83 bits per heavy atom. The van der Waals surface area contributed by atoms with Crippen molar-refractivity contribution in [1.82, 2.24) is 0 Å². The van der Waals surface area contributed by atoms with Crippen LogP contribution in [0.5, 0.6) is 0 Å². The molecular formula is C15H20ClNO. The van der Waals surface area contributed by atoms with Crippen molar-refractivity contribution in [3.8, 4) is 0 Å². The van der Waals surface area contributed by atoms with Crippen molar-refractivity contribution in [3.63, 3.8) is 0 Å². The minimum atomic E-state index is 0.493. The standard InChI is InChI=1S/C15H20ClNO/c1-11-5-3-7-13(9-11)17(2)15-12(10-18)6-4-8-14(15)16/h4,6,8,10-11,13H,3,5,7,9H2,1-2H3. The van der Waals surface area contributed by atoms with E-state index >= 15 is 0 Å². The molecule has 3 heteroatoms. The predicted molar refractivity (Wildman–Crippen MR) is 76.7 cm³/mol. The second kappa shape index (κ2) is 5.75. The molecule has 0 N–H and O–H groups in total. The average Bonchev–Trinajstić information content (AvgIpc) is 2.37. The molecule has 1 aliphatic rings. The molecule has 0 bridgehead atoms. The van der Waals surface area contributed by atoms with Crippen molar-refractivity contribution in [1.29, 1.82) is 0 Å². The highest BCUT2D eigenvalue weighted by Gasteiger charge is 2.24. The zero-order valence-electron chi connectivity index (χ0n) is 11.0. The maximum atomic E-state index is 11.1. The van der Waals surface area contributed by atoms with Crippen molar-refractivity contribution in [2.75, 3.05) is 11.9 Å². The van der Waals surface area contributed by atoms with E-state index in [1.807, 2.05) is 18.2 Å². The molecule has 0 saturated heterocycles. The van der Waals surface area contributed by atoms with Gasteiger partial charge in [0.2, 0.25) is 0 Å². The number of hydrogen-bond acceptors (Lipinski definition) is 2. The van der Waals surface area contributed by atoms with Gasteiger partial charge in [0.25, 0.3) is 0 Å². The molecule has 0 heterocycles. The predicted octanol–water partition coefficient (Wildman–Crippen LogP) is 4.17. The number of aldehydes is 1. The summed E-state index contributed by atoms with van der Waals surface area (Å²) in [6, 6.07) is 6.00. The fourth-order valence-corrected chi connectivity index (χ4v) is 3.25. The number of para-hydroxylation sites is 1. The lowest BCUT2D eigenvalue weighted by Gasteiger charge is -2.36. The number of benzene rings is 1. The molecule has 1 saturated carbocycles. The molecule has 0 radical (unpaired) electrons. The van der Waals surface area contributed by atoms with E-state index in [1.165, 1.54) is 25.7 Å². The maximum absolute atomic E-state index is 11.1. The molecule has 2 unspecified atom stereocenters. The summed E-state index contributed by atoms with van der Waals surface area (Å²) < 4.78 is 0. The van der Waals surface area contributed by atoms with E-state index in [0.29, 0.717) is 16.6 Å². The second-order valence-corrected chi connectivity index (χ2v) is 5.74. The summed E-state index contributed by atoms with van der Waals surface area (Å²) in [7, 11) is 2.05. The third-order valence-corrected chi connectivity index (χ3v) is 4.26. The maximum Gasteiger partial charge on any atom is 0.152 e. The van der Waals surface area contributed by atoms with Gasteiger partial charge in [0.15, 0.2) is 6.29 Å². The Bertz CT molecular complexity index is 433. The van der Waals surface area contributed by atoms with Crippen LogP contribution in [0.2, 0.25) is 5.02 Å². The molecule has 0 amide bonds. The minimum Gasteiger partial charge on any atom is -0.370 e. The van der Waals surface area contributed by atoms with Crippen LogP contribution in [-0.2, 0) is 0 Å². The lowest BCUT2D eigenvalue weighted by atomic mass is 9.86. The van der Waals surface area contributed by atoms with Crippen LogP contribution in [0, 0.1) is 5.92 Å². The zero-order valence-corrected chi connectivity index (χ0v) is 11.8. The van der Waals surface area contributed by atoms with Crippen LogP contribution in [0.3, 0.4) is 0 Å². The van der Waals surface area contributed by atoms with Gasteiger partial charge in [-0.05, 0) is 30.9 Å². The highest BCUT2D eigenvalue weighted by atomic mass is 35.5. The van der Waals surface area contributed by atoms with E-state index in [4.69, 9.17) is 11.6 Å². The third kappa shape index (κ3) is 2.69. The number of hydrogen-bond donors (Lipinski definition) is 0. The van der Waals surface area contributed by atoms with Crippen molar-refractivity contribution < 1.29 is 4.79 Å². The topological polar surface area (TPSA) is 20.3 Å². The Balaban J connectivity index is 2.27. The van der Waals surface area contributed by atoms with Crippen LogP contribution in [-0.4, -0.2) is 19.4 Å². The van der Waals surface area contributed by atoms with Crippen LogP contribution in [0.15, 0.2) is 18.2 Å². The normalized spacial score (nSPS) is 23.7. The van der Waals surface area contributed by atoms with Gasteiger partial charge in [-0.2, -0.15) is 0 Å². The van der Waals surface area contributed by atoms with Crippen molar-refractivity contribution in [2.45, 2.75) is 38.6 Å². The lowest BCUT2D eigenvalue weighted by Crippen LogP contribution is -2.36. The number of nitrogens with zero attached hydrogens (tertiary/aromatic N) is 1. The molecule has 18 heavy (non-hydrogen) atoms. The summed E-state index contributed by atoms with van der Waals surface area (Å²) in [5.41, 5.74) is 1.57. The van der Waals surface area contributed by atoms with Crippen LogP contribution in [0.1, 0.15) is 43.0 Å². The number of halogens is 1. The summed E-state index contributed by atoms with van der Waals surface area (Å²) in [6.45, 7) is 2.30. The van der Waals surface area contributed by atoms with Crippen LogP contribution >= 0.6 is 11.6 Å². The Hall–Kier alpha value is -1.02. The molecule has 98 valence electrons. The fourth-order valence-electron chi connectivity index (χ4n) is 2.94. The first-order valence-electron chi connectivity index (χ1n) is 6.60. The van der Waals surface area contributed by atoms with E-state index in [9.17, 15) is 4.79 Å². The molecule has 0 spiro atoms. The van der Waals surface area contributed by atoms with Gasteiger partial charge in [0.05, 0.1) is 10.7 Å². The SMILES string of the molecule is CC1CCCC(N(C)c2c(Cl)cccc2C=O)C1. The summed E-state index contributed by atoms with van der Waals surface area (Å²) in [5.74, 6) is 0.758. The Morgan fingerprint density at radius 2 is 2.17 bits per heavy atom. The van der Waals surface area contributed by atoms with E-state index in [0.717, 1.165) is 17.9 Å². The monoisotopic (exact) mass is 265 g/mol. The molecule has 2 nitrogen and oxygen atoms in total. The smallest absolute Gasteiger partial charge is 0.152 e. The van der Waals surface area contributed by atoms with Crippen LogP contribution in [0.25, 0.3) is 0 Å². The van der Waals surface area contributed by atoms with E-state index in [2.05, 4.69) is 18.9 Å². The fraction of sp³-hybridized carbons (Fsp3) is 0.533. The molecule has 2 rings (SSSR count). The quantitative estimate of drug-likeness (QED) is 0.765. The molecule has 2 atom stereocenters. The summed E-state index contributed by atoms with van der Waals surface area (Å²) in [5, 5.41) is 0.667. The molecule has 0 aromatic heterocycles. The summed E-state index contributed by atoms with van der Waals surface area (Å²) in [6.07, 6.45) is 5.83. The van der Waals surface area contributed by atoms with Gasteiger partial charge in [0, 0.05) is 18.7 Å². The van der Waals surface area contributed by atoms with Crippen molar-refractivity contribution in [2.24, 2.45) is 5.92 Å². The Labute approximate surface area is 114 Å². The highest BCUT2D eigenvalue weighted by Crippen LogP contribution is 2.34. The first kappa shape index (κ1) is 13.4. The Morgan fingerprint density at radius 1 is 1.39 bits per heavy atom. The minimum absolute atomic E-state index is 0.493. The first-order valence-corrected chi connectivity index (χ1v) is 6.97. The number of rotatable bonds is 3. The molecule has 1 aromatic carbocycles.